The predicted octanol–water partition coefficient (Wildman–Crippen LogP) is 19.7. The molecule has 0 fully saturated rings. The van der Waals surface area contributed by atoms with Gasteiger partial charge in [0.05, 0.1) is 0 Å². The number of unbranched alkanes of at least 4 members (excludes halogenated alkanes) is 6. The van der Waals surface area contributed by atoms with Crippen LogP contribution in [-0.2, 0) is 64.0 Å². The molecule has 10 aromatic rings. The number of rotatable bonds is 20. The fourth-order valence-electron chi connectivity index (χ4n) is 13.1. The fraction of sp³-hybridized carbons (Fsp3) is 0.224. The van der Waals surface area contributed by atoms with Crippen molar-refractivity contribution in [2.75, 3.05) is 0 Å². The fourth-order valence-corrected chi connectivity index (χ4v) is 13.1. The summed E-state index contributed by atoms with van der Waals surface area (Å²) in [5.41, 5.74) is 29.1. The van der Waals surface area contributed by atoms with Crippen molar-refractivity contribution in [3.05, 3.63) is 269 Å². The molecule has 0 N–H and O–H groups in total. The Labute approximate surface area is 477 Å². The van der Waals surface area contributed by atoms with Gasteiger partial charge in [0.25, 0.3) is 0 Å². The molecule has 1 radical (unpaired) electrons. The summed E-state index contributed by atoms with van der Waals surface area (Å²) in [5, 5.41) is 0. The number of aromatic nitrogens is 1. The molecular formula is C76H68IrN-. The molecule has 1 heterocycles. The molecule has 1 nitrogen and oxygen atoms in total. The van der Waals surface area contributed by atoms with Crippen LogP contribution >= 0.6 is 0 Å². The van der Waals surface area contributed by atoms with E-state index in [9.17, 15) is 0 Å². The Morgan fingerprint density at radius 1 is 0.346 bits per heavy atom. The van der Waals surface area contributed by atoms with E-state index in [1.165, 1.54) is 181 Å². The Bertz CT molecular complexity index is 3650. The molecule has 0 aliphatic heterocycles. The van der Waals surface area contributed by atoms with E-state index >= 15 is 0 Å². The van der Waals surface area contributed by atoms with Crippen LogP contribution in [0.25, 0.3) is 78.0 Å². The van der Waals surface area contributed by atoms with Gasteiger partial charge in [0, 0.05) is 31.7 Å². The van der Waals surface area contributed by atoms with Gasteiger partial charge in [0.2, 0.25) is 0 Å². The zero-order valence-corrected chi connectivity index (χ0v) is 47.3. The quantitative estimate of drug-likeness (QED) is 0.0547. The molecule has 0 atom stereocenters. The van der Waals surface area contributed by atoms with E-state index in [0.717, 1.165) is 22.4 Å². The van der Waals surface area contributed by atoms with Crippen molar-refractivity contribution >= 4 is 0 Å². The van der Waals surface area contributed by atoms with Gasteiger partial charge in [-0.15, -0.1) is 29.3 Å². The molecule has 3 aliphatic carbocycles. The van der Waals surface area contributed by atoms with Crippen LogP contribution in [0.15, 0.2) is 219 Å². The summed E-state index contributed by atoms with van der Waals surface area (Å²) >= 11 is 0. The third-order valence-corrected chi connectivity index (χ3v) is 17.6. The van der Waals surface area contributed by atoms with Crippen molar-refractivity contribution in [3.63, 3.8) is 0 Å². The van der Waals surface area contributed by atoms with E-state index < -0.39 is 0 Å². The molecule has 9 aromatic carbocycles. The van der Waals surface area contributed by atoms with Gasteiger partial charge >= 0.3 is 0 Å². The summed E-state index contributed by atoms with van der Waals surface area (Å²) in [6.45, 7) is 0. The first kappa shape index (κ1) is 51.5. The van der Waals surface area contributed by atoms with Crippen LogP contribution in [0.1, 0.15) is 109 Å². The van der Waals surface area contributed by atoms with Gasteiger partial charge in [-0.3, -0.25) is 0 Å². The van der Waals surface area contributed by atoms with E-state index in [4.69, 9.17) is 4.98 Å². The second-order valence-corrected chi connectivity index (χ2v) is 22.5. The molecule has 0 bridgehead atoms. The van der Waals surface area contributed by atoms with Crippen molar-refractivity contribution in [3.8, 4) is 78.0 Å². The number of hydrogen-bond donors (Lipinski definition) is 0. The molecule has 0 saturated carbocycles. The zero-order valence-electron chi connectivity index (χ0n) is 44.9. The minimum atomic E-state index is -0.0196. The molecule has 3 aliphatic rings. The number of pyridine rings is 1. The Balaban J connectivity index is 0.00000609. The molecule has 0 amide bonds. The van der Waals surface area contributed by atoms with E-state index in [1.54, 1.807) is 22.3 Å². The first-order valence-corrected chi connectivity index (χ1v) is 28.9. The van der Waals surface area contributed by atoms with E-state index in [2.05, 4.69) is 225 Å². The third-order valence-electron chi connectivity index (χ3n) is 17.6. The molecule has 0 saturated heterocycles. The molecule has 78 heavy (non-hydrogen) atoms. The first-order valence-electron chi connectivity index (χ1n) is 28.9. The SMILES string of the molecule is [Ir].[c-]1cc2c(cc1-c1ccc(-c3cccc(-c4cccc(-c5cccc(-c6cccc(-c7ccccc7)c6)c5)c4)c3)cn1)C(CCCCCCc1ccc3c(c1)CC3)(CCCCCCc1ccc3c(c1)CC3)c1ccccc1-2. The molecule has 387 valence electrons. The molecule has 0 unspecified atom stereocenters. The summed E-state index contributed by atoms with van der Waals surface area (Å²) in [6, 6.07) is 83.1. The smallest absolute Gasteiger partial charge is 0.0239 e. The van der Waals surface area contributed by atoms with E-state index in [-0.39, 0.29) is 25.5 Å². The van der Waals surface area contributed by atoms with Gasteiger partial charge in [0.1, 0.15) is 0 Å². The van der Waals surface area contributed by atoms with Crippen LogP contribution in [0.5, 0.6) is 0 Å². The van der Waals surface area contributed by atoms with Crippen LogP contribution in [0.4, 0.5) is 0 Å². The summed E-state index contributed by atoms with van der Waals surface area (Å²) in [5.74, 6) is 0. The zero-order chi connectivity index (χ0) is 51.4. The normalized spacial score (nSPS) is 13.3. The van der Waals surface area contributed by atoms with Gasteiger partial charge in [-0.05, 0) is 189 Å². The summed E-state index contributed by atoms with van der Waals surface area (Å²) in [4.78, 5) is 5.20. The van der Waals surface area contributed by atoms with Gasteiger partial charge in [-0.1, -0.05) is 226 Å². The Morgan fingerprint density at radius 3 is 1.29 bits per heavy atom. The maximum Gasteiger partial charge on any atom is 0.0239 e. The van der Waals surface area contributed by atoms with Gasteiger partial charge in [-0.25, -0.2) is 0 Å². The average Bonchev–Trinajstić information content (AvgIpc) is 4.03. The van der Waals surface area contributed by atoms with Crippen molar-refractivity contribution in [2.45, 2.75) is 108 Å². The number of hydrogen-bond acceptors (Lipinski definition) is 1. The summed E-state index contributed by atoms with van der Waals surface area (Å²) in [7, 11) is 0. The number of aryl methyl sites for hydroxylation is 6. The summed E-state index contributed by atoms with van der Waals surface area (Å²) in [6.07, 6.45) is 22.0. The Morgan fingerprint density at radius 2 is 0.808 bits per heavy atom. The van der Waals surface area contributed by atoms with Crippen LogP contribution in [0.2, 0.25) is 0 Å². The minimum Gasteiger partial charge on any atom is -0.304 e. The number of fused-ring (bicyclic) bond motifs is 5. The van der Waals surface area contributed by atoms with E-state index in [1.807, 2.05) is 0 Å². The van der Waals surface area contributed by atoms with Crippen molar-refractivity contribution in [2.24, 2.45) is 0 Å². The van der Waals surface area contributed by atoms with Crippen molar-refractivity contribution < 1.29 is 20.1 Å². The largest absolute Gasteiger partial charge is 0.304 e. The topological polar surface area (TPSA) is 12.9 Å². The second kappa shape index (κ2) is 23.4. The number of nitrogens with zero attached hydrogens (tertiary/aromatic N) is 1. The standard InChI is InChI=1S/C76H68N.Ir/c1(6-18-54-32-34-57-36-38-67(57)46-54)3-12-44-76(45-13-4-2-7-19-55-33-35-58-37-39-68(58)47-55)73-31-11-10-30-71(73)72-42-40-69(52-74(72)76)75-43-41-70(53-77-75)66-29-17-28-65(51-66)64-27-16-26-63(50-64)62-25-15-24-61(49-62)60-23-14-22-59(48-60)56-20-8-5-9-21-56;/h5,8-11,14-17,20-35,41-43,46-53H,1-4,6-7,12-13,18-19,36-39,44-45H2;/q-1;. The van der Waals surface area contributed by atoms with Crippen LogP contribution in [-0.4, -0.2) is 4.98 Å². The van der Waals surface area contributed by atoms with Gasteiger partial charge in [-0.2, -0.15) is 0 Å². The van der Waals surface area contributed by atoms with Crippen molar-refractivity contribution in [1.29, 1.82) is 0 Å². The third kappa shape index (κ3) is 10.8. The van der Waals surface area contributed by atoms with Crippen LogP contribution in [0, 0.1) is 6.07 Å². The van der Waals surface area contributed by atoms with Crippen LogP contribution in [0.3, 0.4) is 0 Å². The Hall–Kier alpha value is -7.22. The second-order valence-electron chi connectivity index (χ2n) is 22.5. The molecule has 13 rings (SSSR count). The molecule has 2 heteroatoms. The monoisotopic (exact) mass is 1190 g/mol. The van der Waals surface area contributed by atoms with Crippen LogP contribution < -0.4 is 0 Å². The van der Waals surface area contributed by atoms with Gasteiger partial charge < -0.3 is 4.98 Å². The van der Waals surface area contributed by atoms with Gasteiger partial charge in [0.15, 0.2) is 0 Å². The molecular weight excluding hydrogens is 1120 g/mol. The maximum absolute atomic E-state index is 5.20. The molecule has 1 aromatic heterocycles. The maximum atomic E-state index is 5.20. The number of benzene rings is 9. The van der Waals surface area contributed by atoms with E-state index in [0.29, 0.717) is 0 Å². The minimum absolute atomic E-state index is 0. The average molecular weight is 1190 g/mol. The predicted molar refractivity (Wildman–Crippen MR) is 323 cm³/mol. The summed E-state index contributed by atoms with van der Waals surface area (Å²) < 4.78 is 0. The van der Waals surface area contributed by atoms with Crippen molar-refractivity contribution in [1.82, 2.24) is 4.98 Å². The first-order chi connectivity index (χ1) is 38.1. The Kier molecular flexibility index (Phi) is 15.5. The molecule has 0 spiro atoms.